The quantitative estimate of drug-likeness (QED) is 0.792. The van der Waals surface area contributed by atoms with Crippen LogP contribution < -0.4 is 5.32 Å². The zero-order chi connectivity index (χ0) is 13.9. The Hall–Kier alpha value is -2.69. The highest BCUT2D eigenvalue weighted by atomic mass is 16.4. The Morgan fingerprint density at radius 3 is 2.95 bits per heavy atom. The van der Waals surface area contributed by atoms with Gasteiger partial charge in [0.1, 0.15) is 6.26 Å². The summed E-state index contributed by atoms with van der Waals surface area (Å²) in [5, 5.41) is 3.57. The Bertz CT molecular complexity index is 751. The molecular weight excluding hydrogens is 254 g/mol. The lowest BCUT2D eigenvalue weighted by Crippen LogP contribution is -2.13. The molecule has 0 bridgehead atoms. The van der Waals surface area contributed by atoms with Gasteiger partial charge < -0.3 is 4.42 Å². The number of aromatic nitrogens is 2. The molecule has 0 aliphatic carbocycles. The molecule has 0 radical (unpaired) electrons. The lowest BCUT2D eigenvalue weighted by Gasteiger charge is -2.07. The lowest BCUT2D eigenvalue weighted by atomic mass is 10.0. The van der Waals surface area contributed by atoms with Gasteiger partial charge >= 0.3 is 6.01 Å². The van der Waals surface area contributed by atoms with Crippen LogP contribution in [0.5, 0.6) is 0 Å². The molecule has 0 saturated carbocycles. The van der Waals surface area contributed by atoms with Crippen molar-refractivity contribution in [3.8, 4) is 0 Å². The number of pyridine rings is 1. The minimum absolute atomic E-state index is 0.181. The number of nitrogens with one attached hydrogen (secondary N) is 1. The van der Waals surface area contributed by atoms with Crippen molar-refractivity contribution in [1.82, 2.24) is 9.97 Å². The first kappa shape index (κ1) is 12.3. The lowest BCUT2D eigenvalue weighted by molar-refractivity contribution is 0.102. The van der Waals surface area contributed by atoms with Gasteiger partial charge in [0.15, 0.2) is 0 Å². The van der Waals surface area contributed by atoms with E-state index in [0.717, 1.165) is 17.4 Å². The summed E-state index contributed by atoms with van der Waals surface area (Å²) in [6, 6.07) is 7.89. The summed E-state index contributed by atoms with van der Waals surface area (Å²) in [7, 11) is 0. The van der Waals surface area contributed by atoms with Crippen molar-refractivity contribution in [2.45, 2.75) is 13.3 Å². The van der Waals surface area contributed by atoms with Crippen molar-refractivity contribution < 1.29 is 9.21 Å². The van der Waals surface area contributed by atoms with Crippen LogP contribution in [0.1, 0.15) is 22.8 Å². The van der Waals surface area contributed by atoms with Crippen molar-refractivity contribution in [2.24, 2.45) is 0 Å². The number of hydrogen-bond donors (Lipinski definition) is 1. The minimum Gasteiger partial charge on any atom is -0.432 e. The molecule has 0 aliphatic rings. The Balaban J connectivity index is 2.07. The second kappa shape index (κ2) is 5.13. The van der Waals surface area contributed by atoms with Gasteiger partial charge in [-0.2, -0.15) is 0 Å². The number of amides is 1. The van der Waals surface area contributed by atoms with Crippen molar-refractivity contribution in [3.63, 3.8) is 0 Å². The Labute approximate surface area is 115 Å². The maximum atomic E-state index is 12.3. The molecule has 1 aromatic carbocycles. The first-order valence-corrected chi connectivity index (χ1v) is 6.36. The summed E-state index contributed by atoms with van der Waals surface area (Å²) in [5.74, 6) is -0.272. The minimum atomic E-state index is -0.272. The van der Waals surface area contributed by atoms with Crippen LogP contribution in [0, 0.1) is 0 Å². The van der Waals surface area contributed by atoms with Gasteiger partial charge in [0.05, 0.1) is 17.3 Å². The van der Waals surface area contributed by atoms with E-state index in [1.807, 2.05) is 31.2 Å². The molecule has 1 amide bonds. The van der Waals surface area contributed by atoms with Crippen LogP contribution >= 0.6 is 0 Å². The first-order valence-electron chi connectivity index (χ1n) is 6.36. The van der Waals surface area contributed by atoms with Gasteiger partial charge in [0.25, 0.3) is 5.91 Å². The number of hydrogen-bond acceptors (Lipinski definition) is 4. The highest BCUT2D eigenvalue weighted by Crippen LogP contribution is 2.20. The van der Waals surface area contributed by atoms with E-state index in [-0.39, 0.29) is 11.9 Å². The molecule has 0 fully saturated rings. The second-order valence-corrected chi connectivity index (χ2v) is 4.36. The Morgan fingerprint density at radius 2 is 2.20 bits per heavy atom. The number of aryl methyl sites for hydroxylation is 1. The topological polar surface area (TPSA) is 68.0 Å². The molecule has 1 N–H and O–H groups in total. The molecule has 3 rings (SSSR count). The average molecular weight is 267 g/mol. The van der Waals surface area contributed by atoms with Crippen LogP contribution in [-0.2, 0) is 6.42 Å². The standard InChI is InChI=1S/C15H13N3O2/c1-2-10-8-11-4-3-5-16-13(11)12(9-10)14(19)18-15-17-6-7-20-15/h3-9H,2H2,1H3,(H,17,18,19). The van der Waals surface area contributed by atoms with Gasteiger partial charge in [-0.1, -0.05) is 13.0 Å². The molecule has 5 nitrogen and oxygen atoms in total. The number of rotatable bonds is 3. The third-order valence-electron chi connectivity index (χ3n) is 3.07. The summed E-state index contributed by atoms with van der Waals surface area (Å²) < 4.78 is 5.03. The van der Waals surface area contributed by atoms with E-state index in [4.69, 9.17) is 4.42 Å². The highest BCUT2D eigenvalue weighted by molar-refractivity contribution is 6.11. The highest BCUT2D eigenvalue weighted by Gasteiger charge is 2.14. The molecular formula is C15H13N3O2. The first-order chi connectivity index (χ1) is 9.78. The SMILES string of the molecule is CCc1cc(C(=O)Nc2ncco2)c2ncccc2c1. The Morgan fingerprint density at radius 1 is 1.30 bits per heavy atom. The van der Waals surface area contributed by atoms with Gasteiger partial charge in [0, 0.05) is 11.6 Å². The average Bonchev–Trinajstić information content (AvgIpc) is 2.98. The van der Waals surface area contributed by atoms with E-state index in [1.54, 1.807) is 6.20 Å². The van der Waals surface area contributed by atoms with E-state index in [2.05, 4.69) is 15.3 Å². The van der Waals surface area contributed by atoms with Gasteiger partial charge in [-0.05, 0) is 30.2 Å². The largest absolute Gasteiger partial charge is 0.432 e. The number of carbonyl (C=O) groups is 1. The Kier molecular flexibility index (Phi) is 3.16. The van der Waals surface area contributed by atoms with E-state index >= 15 is 0 Å². The molecule has 20 heavy (non-hydrogen) atoms. The molecule has 0 saturated heterocycles. The smallest absolute Gasteiger partial charge is 0.301 e. The van der Waals surface area contributed by atoms with E-state index < -0.39 is 0 Å². The third-order valence-corrected chi connectivity index (χ3v) is 3.07. The van der Waals surface area contributed by atoms with Crippen LogP contribution in [0.4, 0.5) is 6.01 Å². The molecule has 3 aromatic rings. The molecule has 5 heteroatoms. The van der Waals surface area contributed by atoms with E-state index in [1.165, 1.54) is 12.5 Å². The molecule has 0 atom stereocenters. The van der Waals surface area contributed by atoms with Gasteiger partial charge in [-0.15, -0.1) is 0 Å². The van der Waals surface area contributed by atoms with Gasteiger partial charge in [0.2, 0.25) is 0 Å². The summed E-state index contributed by atoms with van der Waals surface area (Å²) in [6.07, 6.45) is 5.42. The van der Waals surface area contributed by atoms with Gasteiger partial charge in [-0.25, -0.2) is 4.98 Å². The molecule has 0 spiro atoms. The summed E-state index contributed by atoms with van der Waals surface area (Å²) in [4.78, 5) is 20.5. The van der Waals surface area contributed by atoms with Crippen LogP contribution in [0.2, 0.25) is 0 Å². The van der Waals surface area contributed by atoms with Crippen molar-refractivity contribution in [3.05, 3.63) is 54.0 Å². The van der Waals surface area contributed by atoms with Crippen molar-refractivity contribution >= 4 is 22.8 Å². The number of carbonyl (C=O) groups excluding carboxylic acids is 1. The second-order valence-electron chi connectivity index (χ2n) is 4.36. The fourth-order valence-corrected chi connectivity index (χ4v) is 2.08. The molecule has 2 aromatic heterocycles. The number of fused-ring (bicyclic) bond motifs is 1. The zero-order valence-electron chi connectivity index (χ0n) is 11.0. The molecule has 0 unspecified atom stereocenters. The van der Waals surface area contributed by atoms with Crippen molar-refractivity contribution in [1.29, 1.82) is 0 Å². The summed E-state index contributed by atoms with van der Waals surface area (Å²) in [6.45, 7) is 2.05. The number of nitrogens with zero attached hydrogens (tertiary/aromatic N) is 2. The maximum absolute atomic E-state index is 12.3. The van der Waals surface area contributed by atoms with Crippen LogP contribution in [-0.4, -0.2) is 15.9 Å². The fraction of sp³-hybridized carbons (Fsp3) is 0.133. The van der Waals surface area contributed by atoms with Crippen LogP contribution in [0.3, 0.4) is 0 Å². The number of benzene rings is 1. The predicted molar refractivity (Wildman–Crippen MR) is 75.6 cm³/mol. The molecule has 100 valence electrons. The van der Waals surface area contributed by atoms with Crippen LogP contribution in [0.15, 0.2) is 47.3 Å². The van der Waals surface area contributed by atoms with E-state index in [9.17, 15) is 4.79 Å². The molecule has 0 aliphatic heterocycles. The molecule has 2 heterocycles. The summed E-state index contributed by atoms with van der Waals surface area (Å²) >= 11 is 0. The van der Waals surface area contributed by atoms with Gasteiger partial charge in [-0.3, -0.25) is 15.1 Å². The third kappa shape index (κ3) is 2.25. The fourth-order valence-electron chi connectivity index (χ4n) is 2.08. The predicted octanol–water partition coefficient (Wildman–Crippen LogP) is 3.04. The number of anilines is 1. The van der Waals surface area contributed by atoms with Crippen LogP contribution in [0.25, 0.3) is 10.9 Å². The monoisotopic (exact) mass is 267 g/mol. The summed E-state index contributed by atoms with van der Waals surface area (Å²) in [5.41, 5.74) is 2.29. The normalized spacial score (nSPS) is 10.7. The van der Waals surface area contributed by atoms with Crippen molar-refractivity contribution in [2.75, 3.05) is 5.32 Å². The zero-order valence-corrected chi connectivity index (χ0v) is 11.0. The van der Waals surface area contributed by atoms with E-state index in [0.29, 0.717) is 11.1 Å². The maximum Gasteiger partial charge on any atom is 0.301 e. The number of oxazole rings is 1.